The summed E-state index contributed by atoms with van der Waals surface area (Å²) in [6, 6.07) is 0.819. The molecule has 1 amide bonds. The van der Waals surface area contributed by atoms with E-state index in [9.17, 15) is 4.79 Å². The van der Waals surface area contributed by atoms with Crippen LogP contribution in [0.2, 0.25) is 6.04 Å². The van der Waals surface area contributed by atoms with E-state index in [2.05, 4.69) is 0 Å². The summed E-state index contributed by atoms with van der Waals surface area (Å²) in [4.78, 5) is 13.2. The third-order valence-corrected chi connectivity index (χ3v) is 3.53. The van der Waals surface area contributed by atoms with Crippen LogP contribution in [0.4, 0.5) is 0 Å². The van der Waals surface area contributed by atoms with Crippen LogP contribution in [-0.2, 0) is 19.0 Å². The summed E-state index contributed by atoms with van der Waals surface area (Å²) in [7, 11) is 7.25. The lowest BCUT2D eigenvalue weighted by atomic mass is 10.2. The number of methoxy groups -OCH3 is 3. The van der Waals surface area contributed by atoms with Crippen LogP contribution in [0.15, 0.2) is 0 Å². The number of carbonyl (C=O) groups excluding carboxylic acids is 1. The second-order valence-corrected chi connectivity index (χ2v) is 4.29. The molecule has 0 aliphatic heterocycles. The molecule has 5 nitrogen and oxygen atoms in total. The van der Waals surface area contributed by atoms with E-state index in [-0.39, 0.29) is 12.0 Å². The molecule has 0 saturated heterocycles. The number of rotatable bonds is 7. The third kappa shape index (κ3) is 2.82. The monoisotopic (exact) mass is 249 g/mol. The standard InChI is InChI=1S/C10H23NO4Si/c1-6-9(12)11(2)10(14-4,15-5)8(7-16)13-3/h8H,6-7H2,1-5,16H3. The van der Waals surface area contributed by atoms with Gasteiger partial charge < -0.3 is 14.2 Å². The highest BCUT2D eigenvalue weighted by atomic mass is 28.1. The van der Waals surface area contributed by atoms with Crippen molar-refractivity contribution in [2.24, 2.45) is 0 Å². The molecule has 96 valence electrons. The maximum Gasteiger partial charge on any atom is 0.280 e. The van der Waals surface area contributed by atoms with Crippen molar-refractivity contribution >= 4 is 16.1 Å². The highest BCUT2D eigenvalue weighted by Crippen LogP contribution is 2.25. The Kier molecular flexibility index (Phi) is 6.81. The van der Waals surface area contributed by atoms with Crippen molar-refractivity contribution in [3.05, 3.63) is 0 Å². The van der Waals surface area contributed by atoms with E-state index in [0.29, 0.717) is 6.42 Å². The number of carbonyl (C=O) groups is 1. The fraction of sp³-hybridized carbons (Fsp3) is 0.900. The molecule has 0 N–H and O–H groups in total. The molecular weight excluding hydrogens is 226 g/mol. The van der Waals surface area contributed by atoms with Crippen molar-refractivity contribution in [2.45, 2.75) is 31.4 Å². The van der Waals surface area contributed by atoms with Crippen molar-refractivity contribution < 1.29 is 19.0 Å². The number of nitrogens with zero attached hydrogens (tertiary/aromatic N) is 1. The number of amides is 1. The maximum atomic E-state index is 11.7. The van der Waals surface area contributed by atoms with Crippen LogP contribution in [0.1, 0.15) is 13.3 Å². The van der Waals surface area contributed by atoms with Crippen molar-refractivity contribution in [1.82, 2.24) is 4.90 Å². The smallest absolute Gasteiger partial charge is 0.280 e. The summed E-state index contributed by atoms with van der Waals surface area (Å²) in [6.45, 7) is 1.80. The van der Waals surface area contributed by atoms with Gasteiger partial charge in [0.1, 0.15) is 6.10 Å². The van der Waals surface area contributed by atoms with Gasteiger partial charge in [-0.05, 0) is 6.04 Å². The second-order valence-electron chi connectivity index (χ2n) is 3.48. The molecule has 0 aromatic carbocycles. The van der Waals surface area contributed by atoms with Gasteiger partial charge in [0.05, 0.1) is 0 Å². The van der Waals surface area contributed by atoms with Crippen LogP contribution in [0, 0.1) is 0 Å². The van der Waals surface area contributed by atoms with Crippen LogP contribution in [0.3, 0.4) is 0 Å². The molecule has 0 heterocycles. The van der Waals surface area contributed by atoms with Gasteiger partial charge in [0.2, 0.25) is 5.91 Å². The van der Waals surface area contributed by atoms with Gasteiger partial charge in [-0.3, -0.25) is 9.69 Å². The molecule has 1 unspecified atom stereocenters. The van der Waals surface area contributed by atoms with Gasteiger partial charge >= 0.3 is 0 Å². The van der Waals surface area contributed by atoms with Crippen LogP contribution in [0.25, 0.3) is 0 Å². The van der Waals surface area contributed by atoms with Gasteiger partial charge in [0.25, 0.3) is 5.91 Å². The first-order valence-corrected chi connectivity index (χ1v) is 6.85. The van der Waals surface area contributed by atoms with E-state index in [1.54, 1.807) is 21.1 Å². The van der Waals surface area contributed by atoms with Crippen molar-refractivity contribution in [3.63, 3.8) is 0 Å². The Hall–Kier alpha value is -0.433. The van der Waals surface area contributed by atoms with Gasteiger partial charge in [-0.15, -0.1) is 0 Å². The Morgan fingerprint density at radius 2 is 1.88 bits per heavy atom. The molecule has 0 aliphatic rings. The van der Waals surface area contributed by atoms with E-state index in [0.717, 1.165) is 16.3 Å². The summed E-state index contributed by atoms with van der Waals surface area (Å²) in [5, 5.41) is 0. The SMILES string of the molecule is CCC(=O)N(C)C(OC)(OC)C(C[SiH3])OC. The number of likely N-dealkylation sites (N-methyl/N-ethyl adjacent to an activating group) is 1. The molecule has 16 heavy (non-hydrogen) atoms. The Morgan fingerprint density at radius 3 is 2.12 bits per heavy atom. The van der Waals surface area contributed by atoms with Crippen LogP contribution >= 0.6 is 0 Å². The quantitative estimate of drug-likeness (QED) is 0.455. The van der Waals surface area contributed by atoms with Gasteiger partial charge in [0, 0.05) is 45.0 Å². The summed E-state index contributed by atoms with van der Waals surface area (Å²) in [5.41, 5.74) is 0. The third-order valence-electron chi connectivity index (χ3n) is 2.79. The Balaban J connectivity index is 5.13. The summed E-state index contributed by atoms with van der Waals surface area (Å²) in [6.07, 6.45) is 0.136. The highest BCUT2D eigenvalue weighted by molar-refractivity contribution is 6.09. The van der Waals surface area contributed by atoms with Gasteiger partial charge in [-0.2, -0.15) is 0 Å². The predicted octanol–water partition coefficient (Wildman–Crippen LogP) is -0.400. The first-order valence-electron chi connectivity index (χ1n) is 5.43. The Bertz CT molecular complexity index is 217. The van der Waals surface area contributed by atoms with Crippen molar-refractivity contribution in [1.29, 1.82) is 0 Å². The second kappa shape index (κ2) is 7.00. The van der Waals surface area contributed by atoms with Crippen molar-refractivity contribution in [2.75, 3.05) is 28.4 Å². The minimum absolute atomic E-state index is 0.0409. The van der Waals surface area contributed by atoms with E-state index < -0.39 is 5.91 Å². The van der Waals surface area contributed by atoms with Crippen LogP contribution in [-0.4, -0.2) is 61.4 Å². The average Bonchev–Trinajstić information content (AvgIpc) is 2.34. The first kappa shape index (κ1) is 15.6. The number of hydrogen-bond acceptors (Lipinski definition) is 4. The number of hydrogen-bond donors (Lipinski definition) is 0. The first-order chi connectivity index (χ1) is 7.53. The molecule has 0 saturated carbocycles. The van der Waals surface area contributed by atoms with Gasteiger partial charge in [-0.1, -0.05) is 6.92 Å². The van der Waals surface area contributed by atoms with Gasteiger partial charge in [0.15, 0.2) is 0 Å². The van der Waals surface area contributed by atoms with E-state index in [1.165, 1.54) is 19.1 Å². The minimum atomic E-state index is -1.12. The topological polar surface area (TPSA) is 48.0 Å². The summed E-state index contributed by atoms with van der Waals surface area (Å²) < 4.78 is 16.1. The molecule has 0 bridgehead atoms. The summed E-state index contributed by atoms with van der Waals surface area (Å²) in [5.74, 6) is -1.16. The molecule has 0 radical (unpaired) electrons. The molecule has 0 rings (SSSR count). The van der Waals surface area contributed by atoms with Gasteiger partial charge in [-0.25, -0.2) is 0 Å². The molecule has 0 aromatic rings. The molecule has 0 aliphatic carbocycles. The zero-order valence-corrected chi connectivity index (χ0v) is 13.1. The Labute approximate surface area is 100 Å². The molecule has 1 atom stereocenters. The Morgan fingerprint density at radius 1 is 1.38 bits per heavy atom. The normalized spacial score (nSPS) is 13.8. The fourth-order valence-electron chi connectivity index (χ4n) is 1.82. The highest BCUT2D eigenvalue weighted by Gasteiger charge is 2.45. The summed E-state index contributed by atoms with van der Waals surface area (Å²) >= 11 is 0. The molecule has 0 spiro atoms. The van der Waals surface area contributed by atoms with E-state index in [4.69, 9.17) is 14.2 Å². The molecule has 6 heteroatoms. The lowest BCUT2D eigenvalue weighted by molar-refractivity contribution is -0.323. The van der Waals surface area contributed by atoms with Crippen LogP contribution in [0.5, 0.6) is 0 Å². The molecular formula is C10H23NO4Si. The molecule has 0 aromatic heterocycles. The zero-order valence-electron chi connectivity index (χ0n) is 11.1. The zero-order chi connectivity index (χ0) is 12.8. The fourth-order valence-corrected chi connectivity index (χ4v) is 2.67. The van der Waals surface area contributed by atoms with Crippen molar-refractivity contribution in [3.8, 4) is 0 Å². The lowest BCUT2D eigenvalue weighted by Crippen LogP contribution is -2.60. The van der Waals surface area contributed by atoms with Crippen LogP contribution < -0.4 is 0 Å². The molecule has 0 fully saturated rings. The average molecular weight is 249 g/mol. The van der Waals surface area contributed by atoms with E-state index in [1.807, 2.05) is 0 Å². The minimum Gasteiger partial charge on any atom is -0.374 e. The predicted molar refractivity (Wildman–Crippen MR) is 65.4 cm³/mol. The lowest BCUT2D eigenvalue weighted by Gasteiger charge is -2.43. The number of ether oxygens (including phenoxy) is 3. The maximum absolute atomic E-state index is 11.7. The van der Waals surface area contributed by atoms with E-state index >= 15 is 0 Å². The largest absolute Gasteiger partial charge is 0.374 e.